The van der Waals surface area contributed by atoms with E-state index in [0.717, 1.165) is 13.1 Å². The second-order valence-corrected chi connectivity index (χ2v) is 8.27. The van der Waals surface area contributed by atoms with Crippen LogP contribution in [0.5, 0.6) is 0 Å². The van der Waals surface area contributed by atoms with Crippen molar-refractivity contribution in [2.24, 2.45) is 0 Å². The highest BCUT2D eigenvalue weighted by Gasteiger charge is 2.09. The van der Waals surface area contributed by atoms with Crippen LogP contribution in [0, 0.1) is 0 Å². The van der Waals surface area contributed by atoms with Gasteiger partial charge < -0.3 is 0 Å². The maximum absolute atomic E-state index is 5.34. The molecular weight excluding hydrogens is 149 g/mol. The van der Waals surface area contributed by atoms with Crippen molar-refractivity contribution in [3.05, 3.63) is 0 Å². The minimum absolute atomic E-state index is 1.10. The third-order valence-electron chi connectivity index (χ3n) is 1.41. The van der Waals surface area contributed by atoms with Crippen LogP contribution in [0.2, 0.25) is 0 Å². The van der Waals surface area contributed by atoms with Gasteiger partial charge in [0.15, 0.2) is 0 Å². The van der Waals surface area contributed by atoms with Gasteiger partial charge in [-0.05, 0) is 26.4 Å². The molecule has 0 N–H and O–H groups in total. The average molecular weight is 165 g/mol. The number of hydrogen-bond donors (Lipinski definition) is 0. The quantitative estimate of drug-likeness (QED) is 0.588. The molecule has 3 heteroatoms. The summed E-state index contributed by atoms with van der Waals surface area (Å²) in [7, 11) is 0. The fraction of sp³-hybridized carbons (Fsp3) is 1.00. The van der Waals surface area contributed by atoms with Gasteiger partial charge >= 0.3 is 0 Å². The highest BCUT2D eigenvalue weighted by molar-refractivity contribution is 8.12. The average Bonchev–Trinajstić information content (AvgIpc) is 1.65. The Labute approximate surface area is 63.5 Å². The molecule has 0 atom stereocenters. The summed E-state index contributed by atoms with van der Waals surface area (Å²) in [5.74, 6) is 0. The van der Waals surface area contributed by atoms with E-state index in [0.29, 0.717) is 0 Å². The molecule has 0 aliphatic carbocycles. The van der Waals surface area contributed by atoms with Crippen molar-refractivity contribution < 1.29 is 0 Å². The Kier molecular flexibility index (Phi) is 3.95. The third-order valence-corrected chi connectivity index (χ3v) is 4.03. The number of rotatable bonds is 3. The Morgan fingerprint density at radius 1 is 1.22 bits per heavy atom. The SMILES string of the molecule is CCN(CC)P(C)(C)=S. The van der Waals surface area contributed by atoms with Gasteiger partial charge in [0.05, 0.1) is 0 Å². The van der Waals surface area contributed by atoms with E-state index in [9.17, 15) is 0 Å². The van der Waals surface area contributed by atoms with Gasteiger partial charge in [-0.3, -0.25) is 4.67 Å². The van der Waals surface area contributed by atoms with E-state index in [-0.39, 0.29) is 0 Å². The maximum Gasteiger partial charge on any atom is 0.00907 e. The predicted molar refractivity (Wildman–Crippen MR) is 49.1 cm³/mol. The highest BCUT2D eigenvalue weighted by atomic mass is 32.4. The number of nitrogens with zero attached hydrogens (tertiary/aromatic N) is 1. The van der Waals surface area contributed by atoms with Crippen molar-refractivity contribution in [1.29, 1.82) is 0 Å². The van der Waals surface area contributed by atoms with Crippen molar-refractivity contribution in [2.45, 2.75) is 13.8 Å². The summed E-state index contributed by atoms with van der Waals surface area (Å²) in [4.78, 5) is 0. The molecule has 0 saturated carbocycles. The first-order valence-corrected chi connectivity index (χ1v) is 6.97. The first-order chi connectivity index (χ1) is 4.02. The van der Waals surface area contributed by atoms with Gasteiger partial charge in [0.25, 0.3) is 0 Å². The van der Waals surface area contributed by atoms with Crippen LogP contribution >= 0.6 is 6.19 Å². The molecule has 1 nitrogen and oxygen atoms in total. The van der Waals surface area contributed by atoms with E-state index in [1.807, 2.05) is 0 Å². The normalized spacial score (nSPS) is 12.6. The van der Waals surface area contributed by atoms with Crippen molar-refractivity contribution in [2.75, 3.05) is 26.4 Å². The van der Waals surface area contributed by atoms with Gasteiger partial charge in [-0.25, -0.2) is 0 Å². The van der Waals surface area contributed by atoms with Gasteiger partial charge in [0, 0.05) is 6.19 Å². The van der Waals surface area contributed by atoms with E-state index < -0.39 is 6.19 Å². The smallest absolute Gasteiger partial charge is 0.00907 e. The Bertz CT molecular complexity index is 114. The van der Waals surface area contributed by atoms with Crippen LogP contribution in [0.3, 0.4) is 0 Å². The van der Waals surface area contributed by atoms with Gasteiger partial charge in [-0.2, -0.15) is 0 Å². The minimum atomic E-state index is -1.11. The van der Waals surface area contributed by atoms with Crippen LogP contribution in [0.25, 0.3) is 0 Å². The fourth-order valence-electron chi connectivity index (χ4n) is 0.905. The minimum Gasteiger partial charge on any atom is -0.276 e. The monoisotopic (exact) mass is 165 g/mol. The van der Waals surface area contributed by atoms with E-state index in [1.54, 1.807) is 0 Å². The zero-order chi connectivity index (χ0) is 7.49. The zero-order valence-electron chi connectivity index (χ0n) is 6.72. The standard InChI is InChI=1S/C6H16NPS/c1-5-7(6-2)8(3,4)9/h5-6H2,1-4H3. The van der Waals surface area contributed by atoms with Crippen LogP contribution in [0.15, 0.2) is 0 Å². The Morgan fingerprint density at radius 3 is 1.56 bits per heavy atom. The molecule has 0 radical (unpaired) electrons. The third kappa shape index (κ3) is 3.34. The molecule has 0 aliphatic rings. The molecule has 0 heterocycles. The molecular formula is C6H16NPS. The molecule has 0 aromatic heterocycles. The topological polar surface area (TPSA) is 3.24 Å². The molecule has 0 spiro atoms. The molecule has 56 valence electrons. The summed E-state index contributed by atoms with van der Waals surface area (Å²) < 4.78 is 2.36. The molecule has 0 aliphatic heterocycles. The molecule has 0 aromatic rings. The number of hydrogen-bond acceptors (Lipinski definition) is 1. The molecule has 0 saturated heterocycles. The van der Waals surface area contributed by atoms with Crippen molar-refractivity contribution in [1.82, 2.24) is 4.67 Å². The molecule has 0 bridgehead atoms. The van der Waals surface area contributed by atoms with Gasteiger partial charge in [-0.15, -0.1) is 0 Å². The van der Waals surface area contributed by atoms with Crippen LogP contribution in [0.4, 0.5) is 0 Å². The lowest BCUT2D eigenvalue weighted by Crippen LogP contribution is -2.17. The van der Waals surface area contributed by atoms with Crippen LogP contribution < -0.4 is 0 Å². The summed E-state index contributed by atoms with van der Waals surface area (Å²) in [5.41, 5.74) is 0. The summed E-state index contributed by atoms with van der Waals surface area (Å²) in [5, 5.41) is 0. The van der Waals surface area contributed by atoms with Crippen LogP contribution in [-0.4, -0.2) is 31.1 Å². The fourth-order valence-corrected chi connectivity index (χ4v) is 2.96. The van der Waals surface area contributed by atoms with Crippen molar-refractivity contribution in [3.8, 4) is 0 Å². The van der Waals surface area contributed by atoms with E-state index in [1.165, 1.54) is 0 Å². The lowest BCUT2D eigenvalue weighted by Gasteiger charge is -2.26. The first-order valence-electron chi connectivity index (χ1n) is 3.32. The Morgan fingerprint density at radius 2 is 1.56 bits per heavy atom. The highest BCUT2D eigenvalue weighted by Crippen LogP contribution is 2.40. The molecule has 9 heavy (non-hydrogen) atoms. The maximum atomic E-state index is 5.34. The zero-order valence-corrected chi connectivity index (χ0v) is 8.43. The van der Waals surface area contributed by atoms with Crippen molar-refractivity contribution in [3.63, 3.8) is 0 Å². The van der Waals surface area contributed by atoms with E-state index >= 15 is 0 Å². The molecule has 0 aromatic carbocycles. The Balaban J connectivity index is 3.96. The second-order valence-electron chi connectivity index (χ2n) is 2.43. The van der Waals surface area contributed by atoms with Gasteiger partial charge in [-0.1, -0.05) is 25.7 Å². The molecule has 0 unspecified atom stereocenters. The van der Waals surface area contributed by atoms with Crippen LogP contribution in [0.1, 0.15) is 13.8 Å². The summed E-state index contributed by atoms with van der Waals surface area (Å²) in [6.07, 6.45) is -1.11. The van der Waals surface area contributed by atoms with Gasteiger partial charge in [0.1, 0.15) is 0 Å². The predicted octanol–water partition coefficient (Wildman–Crippen LogP) is 1.98. The first kappa shape index (κ1) is 9.61. The van der Waals surface area contributed by atoms with Crippen LogP contribution in [-0.2, 0) is 11.8 Å². The summed E-state index contributed by atoms with van der Waals surface area (Å²) >= 11 is 5.34. The van der Waals surface area contributed by atoms with E-state index in [2.05, 4.69) is 31.8 Å². The summed E-state index contributed by atoms with van der Waals surface area (Å²) in [6, 6.07) is 0. The lowest BCUT2D eigenvalue weighted by molar-refractivity contribution is 0.509. The molecule has 0 rings (SSSR count). The summed E-state index contributed by atoms with van der Waals surface area (Å²) in [6.45, 7) is 10.9. The second kappa shape index (κ2) is 3.70. The van der Waals surface area contributed by atoms with Gasteiger partial charge in [0.2, 0.25) is 0 Å². The Hall–Kier alpha value is 0.610. The van der Waals surface area contributed by atoms with E-state index in [4.69, 9.17) is 11.8 Å². The molecule has 0 amide bonds. The molecule has 0 fully saturated rings. The van der Waals surface area contributed by atoms with Crippen molar-refractivity contribution >= 4 is 18.0 Å². The largest absolute Gasteiger partial charge is 0.276 e. The lowest BCUT2D eigenvalue weighted by atomic mass is 10.7.